The number of rotatable bonds is 8. The van der Waals surface area contributed by atoms with Crippen LogP contribution in [0, 0.1) is 0 Å². The Bertz CT molecular complexity index is 869. The molecule has 1 aliphatic carbocycles. The summed E-state index contributed by atoms with van der Waals surface area (Å²) in [4.78, 5) is 18.8. The largest absolute Gasteiger partial charge is 0.352 e. The average Bonchev–Trinajstić information content (AvgIpc) is 3.11. The fourth-order valence-electron chi connectivity index (χ4n) is 4.82. The molecular formula is C24H36ClN7. The molecule has 2 aromatic rings. The van der Waals surface area contributed by atoms with Gasteiger partial charge in [0.2, 0.25) is 17.8 Å². The van der Waals surface area contributed by atoms with Gasteiger partial charge in [-0.3, -0.25) is 4.90 Å². The number of likely N-dealkylation sites (N-methyl/N-ethyl adjacent to an activating group) is 1. The molecule has 2 fully saturated rings. The molecule has 1 saturated heterocycles. The van der Waals surface area contributed by atoms with Gasteiger partial charge in [0.15, 0.2) is 0 Å². The molecule has 4 rings (SSSR count). The van der Waals surface area contributed by atoms with Crippen molar-refractivity contribution in [3.8, 4) is 0 Å². The van der Waals surface area contributed by atoms with Gasteiger partial charge in [0.05, 0.1) is 0 Å². The van der Waals surface area contributed by atoms with Crippen LogP contribution < -0.4 is 15.5 Å². The van der Waals surface area contributed by atoms with Gasteiger partial charge in [-0.05, 0) is 57.0 Å². The zero-order valence-electron chi connectivity index (χ0n) is 19.4. The van der Waals surface area contributed by atoms with Crippen molar-refractivity contribution >= 4 is 35.1 Å². The van der Waals surface area contributed by atoms with Crippen molar-refractivity contribution in [2.24, 2.45) is 0 Å². The minimum atomic E-state index is 0.419. The lowest BCUT2D eigenvalue weighted by atomic mass is 10.1. The van der Waals surface area contributed by atoms with Crippen molar-refractivity contribution in [3.05, 3.63) is 29.3 Å². The summed E-state index contributed by atoms with van der Waals surface area (Å²) in [6, 6.07) is 8.71. The van der Waals surface area contributed by atoms with E-state index in [2.05, 4.69) is 22.5 Å². The Hall–Kier alpha value is -2.12. The highest BCUT2D eigenvalue weighted by molar-refractivity contribution is 6.30. The van der Waals surface area contributed by atoms with Crippen LogP contribution in [0.5, 0.6) is 0 Å². The quantitative estimate of drug-likeness (QED) is 0.519. The summed E-state index contributed by atoms with van der Waals surface area (Å²) in [5.41, 5.74) is 0.947. The van der Waals surface area contributed by atoms with E-state index in [1.54, 1.807) is 0 Å². The first kappa shape index (κ1) is 23.1. The molecule has 0 bridgehead atoms. The van der Waals surface area contributed by atoms with Crippen LogP contribution >= 0.6 is 11.6 Å². The van der Waals surface area contributed by atoms with Crippen molar-refractivity contribution in [2.75, 3.05) is 42.2 Å². The maximum absolute atomic E-state index is 6.22. The van der Waals surface area contributed by atoms with Gasteiger partial charge >= 0.3 is 0 Å². The minimum absolute atomic E-state index is 0.419. The minimum Gasteiger partial charge on any atom is -0.352 e. The number of aromatic nitrogens is 3. The first-order valence-electron chi connectivity index (χ1n) is 12.1. The molecule has 7 nitrogen and oxygen atoms in total. The molecule has 0 radical (unpaired) electrons. The second kappa shape index (κ2) is 11.1. The maximum atomic E-state index is 6.22. The fraction of sp³-hybridized carbons (Fsp3) is 0.625. The number of anilines is 4. The Balaban J connectivity index is 1.55. The Kier molecular flexibility index (Phi) is 8.03. The predicted molar refractivity (Wildman–Crippen MR) is 133 cm³/mol. The lowest BCUT2D eigenvalue weighted by molar-refractivity contribution is 0.277. The summed E-state index contributed by atoms with van der Waals surface area (Å²) in [6.45, 7) is 5.34. The summed E-state index contributed by atoms with van der Waals surface area (Å²) in [6.07, 6.45) is 9.97. The predicted octanol–water partition coefficient (Wildman–Crippen LogP) is 5.32. The lowest BCUT2D eigenvalue weighted by Gasteiger charge is -2.24. The Morgan fingerprint density at radius 3 is 2.56 bits per heavy atom. The van der Waals surface area contributed by atoms with Crippen molar-refractivity contribution in [2.45, 2.75) is 70.4 Å². The molecule has 0 amide bonds. The number of nitrogens with zero attached hydrogens (tertiary/aromatic N) is 5. The molecule has 1 unspecified atom stereocenters. The number of likely N-dealkylation sites (tertiary alicyclic amines) is 1. The van der Waals surface area contributed by atoms with Crippen LogP contribution in [0.4, 0.5) is 23.5 Å². The summed E-state index contributed by atoms with van der Waals surface area (Å²) in [5, 5.41) is 7.80. The topological polar surface area (TPSA) is 69.2 Å². The Labute approximate surface area is 197 Å². The standard InChI is InChI=1S/C24H36ClN7/c1-3-32-15-9-14-21(32)17-26-22-28-23(27-19-11-6-4-5-7-12-19)30-24(29-22)31(2)20-13-8-10-18(25)16-20/h8,10,13,16,19,21H,3-7,9,11-12,14-15,17H2,1-2H3,(H2,26,27,28,29,30). The van der Waals surface area contributed by atoms with Gasteiger partial charge < -0.3 is 15.5 Å². The van der Waals surface area contributed by atoms with Gasteiger partial charge in [0, 0.05) is 36.4 Å². The zero-order chi connectivity index (χ0) is 22.3. The first-order valence-corrected chi connectivity index (χ1v) is 12.5. The zero-order valence-corrected chi connectivity index (χ0v) is 20.1. The lowest BCUT2D eigenvalue weighted by Crippen LogP contribution is -2.35. The summed E-state index contributed by atoms with van der Waals surface area (Å²) in [5.74, 6) is 1.89. The summed E-state index contributed by atoms with van der Waals surface area (Å²) in [7, 11) is 1.97. The third-order valence-corrected chi connectivity index (χ3v) is 6.94. The van der Waals surface area contributed by atoms with E-state index in [0.29, 0.717) is 35.0 Å². The third kappa shape index (κ3) is 6.01. The highest BCUT2D eigenvalue weighted by atomic mass is 35.5. The molecule has 2 aliphatic rings. The fourth-order valence-corrected chi connectivity index (χ4v) is 5.00. The van der Waals surface area contributed by atoms with Crippen LogP contribution in [-0.2, 0) is 0 Å². The van der Waals surface area contributed by atoms with E-state index in [1.807, 2.05) is 36.2 Å². The smallest absolute Gasteiger partial charge is 0.236 e. The molecule has 2 heterocycles. The molecule has 174 valence electrons. The molecular weight excluding hydrogens is 422 g/mol. The number of nitrogens with one attached hydrogen (secondary N) is 2. The molecule has 2 N–H and O–H groups in total. The SMILES string of the molecule is CCN1CCCC1CNc1nc(NC2CCCCCC2)nc(N(C)c2cccc(Cl)c2)n1. The summed E-state index contributed by atoms with van der Waals surface area (Å²) >= 11 is 6.22. The van der Waals surface area contributed by atoms with Crippen LogP contribution in [0.3, 0.4) is 0 Å². The molecule has 1 atom stereocenters. The van der Waals surface area contributed by atoms with E-state index in [0.717, 1.165) is 18.8 Å². The average molecular weight is 458 g/mol. The molecule has 1 saturated carbocycles. The van der Waals surface area contributed by atoms with Gasteiger partial charge in [-0.15, -0.1) is 0 Å². The van der Waals surface area contributed by atoms with E-state index in [1.165, 1.54) is 57.9 Å². The van der Waals surface area contributed by atoms with Crippen LogP contribution in [0.2, 0.25) is 5.02 Å². The van der Waals surface area contributed by atoms with Gasteiger partial charge in [0.1, 0.15) is 0 Å². The maximum Gasteiger partial charge on any atom is 0.236 e. The number of benzene rings is 1. The van der Waals surface area contributed by atoms with Crippen LogP contribution in [0.15, 0.2) is 24.3 Å². The van der Waals surface area contributed by atoms with E-state index in [4.69, 9.17) is 26.6 Å². The number of halogens is 1. The van der Waals surface area contributed by atoms with Gasteiger partial charge in [0.25, 0.3) is 0 Å². The van der Waals surface area contributed by atoms with Crippen molar-refractivity contribution in [3.63, 3.8) is 0 Å². The van der Waals surface area contributed by atoms with Crippen LogP contribution in [0.25, 0.3) is 0 Å². The Morgan fingerprint density at radius 2 is 1.81 bits per heavy atom. The first-order chi connectivity index (χ1) is 15.6. The van der Waals surface area contributed by atoms with Crippen molar-refractivity contribution in [1.29, 1.82) is 0 Å². The molecule has 8 heteroatoms. The van der Waals surface area contributed by atoms with Crippen LogP contribution in [0.1, 0.15) is 58.3 Å². The van der Waals surface area contributed by atoms with E-state index < -0.39 is 0 Å². The highest BCUT2D eigenvalue weighted by Gasteiger charge is 2.23. The van der Waals surface area contributed by atoms with Crippen molar-refractivity contribution < 1.29 is 0 Å². The van der Waals surface area contributed by atoms with Gasteiger partial charge in [-0.25, -0.2) is 0 Å². The third-order valence-electron chi connectivity index (χ3n) is 6.71. The second-order valence-corrected chi connectivity index (χ2v) is 9.40. The normalized spacial score (nSPS) is 20.2. The van der Waals surface area contributed by atoms with E-state index >= 15 is 0 Å². The van der Waals surface area contributed by atoms with E-state index in [9.17, 15) is 0 Å². The molecule has 32 heavy (non-hydrogen) atoms. The highest BCUT2D eigenvalue weighted by Crippen LogP contribution is 2.26. The monoisotopic (exact) mass is 457 g/mol. The molecule has 1 aliphatic heterocycles. The number of hydrogen-bond donors (Lipinski definition) is 2. The van der Waals surface area contributed by atoms with E-state index in [-0.39, 0.29) is 0 Å². The molecule has 1 aromatic heterocycles. The van der Waals surface area contributed by atoms with Gasteiger partial charge in [-0.2, -0.15) is 15.0 Å². The Morgan fingerprint density at radius 1 is 1.03 bits per heavy atom. The second-order valence-electron chi connectivity index (χ2n) is 8.96. The number of hydrogen-bond acceptors (Lipinski definition) is 7. The van der Waals surface area contributed by atoms with Crippen LogP contribution in [-0.4, -0.2) is 58.6 Å². The molecule has 0 spiro atoms. The molecule has 1 aromatic carbocycles. The summed E-state index contributed by atoms with van der Waals surface area (Å²) < 4.78 is 0. The van der Waals surface area contributed by atoms with Crippen molar-refractivity contribution in [1.82, 2.24) is 19.9 Å². The van der Waals surface area contributed by atoms with Gasteiger partial charge in [-0.1, -0.05) is 50.3 Å².